The first-order chi connectivity index (χ1) is 17.9. The largest absolute Gasteiger partial charge is 0.280 e. The topological polar surface area (TPSA) is 81.4 Å². The van der Waals surface area contributed by atoms with Gasteiger partial charge in [0.2, 0.25) is 0 Å². The lowest BCUT2D eigenvalue weighted by molar-refractivity contribution is -0.00349. The summed E-state index contributed by atoms with van der Waals surface area (Å²) in [5, 5.41) is 14.4. The number of unbranched alkanes of at least 4 members (excludes halogenated alkanes) is 2. The number of hydrogen-bond donors (Lipinski definition) is 1. The van der Waals surface area contributed by atoms with Crippen LogP contribution in [0.15, 0.2) is 53.3 Å². The molecule has 0 saturated heterocycles. The summed E-state index contributed by atoms with van der Waals surface area (Å²) in [4.78, 5) is 14.0. The number of benzene rings is 2. The van der Waals surface area contributed by atoms with Crippen LogP contribution in [0.3, 0.4) is 0 Å². The number of tetrazole rings is 1. The summed E-state index contributed by atoms with van der Waals surface area (Å²) in [5.74, 6) is 0.653. The Morgan fingerprint density at radius 1 is 0.892 bits per heavy atom. The Morgan fingerprint density at radius 2 is 1.57 bits per heavy atom. The molecule has 1 aliphatic carbocycles. The van der Waals surface area contributed by atoms with E-state index >= 15 is 0 Å². The standard InChI is InChI=1S/C30H36N6O/c1-4-5-6-11-26-25(28(37)36-30(3)18-16-29(2,17-19-30)35(26)36)20-21-12-14-22(15-13-21)23-9-7-8-10-24(23)27-31-33-34-32-27/h7-10,12-15H,4-6,11,16-20H2,1-3H3,(H,31,32,33,34). The summed E-state index contributed by atoms with van der Waals surface area (Å²) in [6.45, 7) is 6.90. The van der Waals surface area contributed by atoms with E-state index in [0.29, 0.717) is 12.2 Å². The van der Waals surface area contributed by atoms with E-state index in [2.05, 4.69) is 81.1 Å². The van der Waals surface area contributed by atoms with E-state index in [9.17, 15) is 4.79 Å². The van der Waals surface area contributed by atoms with Gasteiger partial charge in [-0.05, 0) is 79.5 Å². The monoisotopic (exact) mass is 496 g/mol. The molecular formula is C30H36N6O. The summed E-state index contributed by atoms with van der Waals surface area (Å²) in [5.41, 5.74) is 6.81. The van der Waals surface area contributed by atoms with Crippen molar-refractivity contribution >= 4 is 0 Å². The second-order valence-corrected chi connectivity index (χ2v) is 11.5. The maximum absolute atomic E-state index is 14.0. The molecule has 1 fully saturated rings. The lowest BCUT2D eigenvalue weighted by atomic mass is 9.72. The summed E-state index contributed by atoms with van der Waals surface area (Å²) in [7, 11) is 0. The molecule has 7 heteroatoms. The van der Waals surface area contributed by atoms with Crippen molar-refractivity contribution in [3.63, 3.8) is 0 Å². The molecule has 2 aliphatic heterocycles. The van der Waals surface area contributed by atoms with Crippen LogP contribution < -0.4 is 5.56 Å². The Labute approximate surface area is 217 Å². The number of aromatic amines is 1. The SMILES string of the molecule is CCCCCc1c(Cc2ccc(-c3ccccc3-c3nnn[nH]3)cc2)c(=O)n2n1C1(C)CCC2(C)CC1. The van der Waals surface area contributed by atoms with Crippen LogP contribution in [0.1, 0.15) is 82.5 Å². The predicted octanol–water partition coefficient (Wildman–Crippen LogP) is 5.84. The van der Waals surface area contributed by atoms with Crippen molar-refractivity contribution < 1.29 is 0 Å². The Kier molecular flexibility index (Phi) is 5.89. The van der Waals surface area contributed by atoms with E-state index in [1.165, 1.54) is 24.1 Å². The molecule has 2 aromatic heterocycles. The molecule has 4 aromatic rings. The summed E-state index contributed by atoms with van der Waals surface area (Å²) >= 11 is 0. The second-order valence-electron chi connectivity index (χ2n) is 11.5. The van der Waals surface area contributed by atoms with Crippen molar-refractivity contribution in [2.75, 3.05) is 0 Å². The fourth-order valence-corrected chi connectivity index (χ4v) is 6.59. The van der Waals surface area contributed by atoms with Gasteiger partial charge in [-0.1, -0.05) is 68.3 Å². The molecular weight excluding hydrogens is 460 g/mol. The van der Waals surface area contributed by atoms with Gasteiger partial charge in [0, 0.05) is 23.2 Å². The van der Waals surface area contributed by atoms with Crippen molar-refractivity contribution in [1.29, 1.82) is 0 Å². The van der Waals surface area contributed by atoms with Gasteiger partial charge in [-0.15, -0.1) is 5.10 Å². The van der Waals surface area contributed by atoms with Gasteiger partial charge in [-0.2, -0.15) is 0 Å². The van der Waals surface area contributed by atoms with Crippen LogP contribution in [-0.2, 0) is 23.9 Å². The molecule has 0 spiro atoms. The van der Waals surface area contributed by atoms with Crippen molar-refractivity contribution in [2.24, 2.45) is 0 Å². The number of fused-ring (bicyclic) bond motifs is 2. The molecule has 0 radical (unpaired) electrons. The zero-order valence-corrected chi connectivity index (χ0v) is 22.1. The number of aromatic nitrogens is 6. The first kappa shape index (κ1) is 23.9. The molecule has 192 valence electrons. The molecule has 3 aliphatic rings. The average molecular weight is 497 g/mol. The number of nitrogens with zero attached hydrogens (tertiary/aromatic N) is 5. The van der Waals surface area contributed by atoms with Gasteiger partial charge >= 0.3 is 0 Å². The normalized spacial score (nSPS) is 22.4. The third-order valence-corrected chi connectivity index (χ3v) is 8.87. The molecule has 37 heavy (non-hydrogen) atoms. The first-order valence-electron chi connectivity index (χ1n) is 13.7. The maximum Gasteiger partial charge on any atom is 0.271 e. The average Bonchev–Trinajstić information content (AvgIpc) is 3.55. The zero-order chi connectivity index (χ0) is 25.6. The molecule has 2 aromatic carbocycles. The van der Waals surface area contributed by atoms with Gasteiger partial charge in [-0.3, -0.25) is 9.48 Å². The highest BCUT2D eigenvalue weighted by Gasteiger charge is 2.50. The number of H-pyrrole nitrogens is 1. The van der Waals surface area contributed by atoms with Crippen LogP contribution in [0.5, 0.6) is 0 Å². The molecule has 2 bridgehead atoms. The Bertz CT molecular complexity index is 1450. The molecule has 1 saturated carbocycles. The van der Waals surface area contributed by atoms with Crippen LogP contribution >= 0.6 is 0 Å². The Morgan fingerprint density at radius 3 is 2.22 bits per heavy atom. The highest BCUT2D eigenvalue weighted by molar-refractivity contribution is 5.80. The Hall–Kier alpha value is -3.48. The van der Waals surface area contributed by atoms with Crippen molar-refractivity contribution in [3.8, 4) is 22.5 Å². The molecule has 0 amide bonds. The van der Waals surface area contributed by atoms with Gasteiger partial charge in [0.1, 0.15) is 0 Å². The van der Waals surface area contributed by atoms with E-state index in [0.717, 1.165) is 60.8 Å². The minimum absolute atomic E-state index is 0.0554. The zero-order valence-electron chi connectivity index (χ0n) is 22.1. The van der Waals surface area contributed by atoms with Gasteiger partial charge < -0.3 is 0 Å². The maximum atomic E-state index is 14.0. The predicted molar refractivity (Wildman–Crippen MR) is 146 cm³/mol. The quantitative estimate of drug-likeness (QED) is 0.311. The molecule has 4 heterocycles. The number of nitrogens with one attached hydrogen (secondary N) is 1. The molecule has 0 unspecified atom stereocenters. The number of rotatable bonds is 8. The van der Waals surface area contributed by atoms with Crippen molar-refractivity contribution in [1.82, 2.24) is 30.0 Å². The van der Waals surface area contributed by atoms with Crippen LogP contribution in [-0.4, -0.2) is 30.0 Å². The van der Waals surface area contributed by atoms with E-state index < -0.39 is 0 Å². The van der Waals surface area contributed by atoms with Gasteiger partial charge in [0.25, 0.3) is 5.56 Å². The Balaban J connectivity index is 1.37. The van der Waals surface area contributed by atoms with E-state index in [1.807, 2.05) is 18.2 Å². The lowest BCUT2D eigenvalue weighted by Crippen LogP contribution is -2.57. The van der Waals surface area contributed by atoms with E-state index in [1.54, 1.807) is 0 Å². The fourth-order valence-electron chi connectivity index (χ4n) is 6.59. The highest BCUT2D eigenvalue weighted by Crippen LogP contribution is 2.49. The van der Waals surface area contributed by atoms with Crippen LogP contribution in [0, 0.1) is 0 Å². The highest BCUT2D eigenvalue weighted by atomic mass is 16.1. The van der Waals surface area contributed by atoms with Crippen LogP contribution in [0.25, 0.3) is 22.5 Å². The molecule has 0 atom stereocenters. The second kappa shape index (κ2) is 9.12. The van der Waals surface area contributed by atoms with Crippen molar-refractivity contribution in [2.45, 2.75) is 89.6 Å². The van der Waals surface area contributed by atoms with Crippen LogP contribution in [0.4, 0.5) is 0 Å². The van der Waals surface area contributed by atoms with E-state index in [4.69, 9.17) is 0 Å². The smallest absolute Gasteiger partial charge is 0.271 e. The van der Waals surface area contributed by atoms with E-state index in [-0.39, 0.29) is 16.6 Å². The van der Waals surface area contributed by atoms with Gasteiger partial charge in [-0.25, -0.2) is 9.78 Å². The summed E-state index contributed by atoms with van der Waals surface area (Å²) < 4.78 is 4.61. The minimum atomic E-state index is -0.0598. The molecule has 1 N–H and O–H groups in total. The minimum Gasteiger partial charge on any atom is -0.280 e. The summed E-state index contributed by atoms with van der Waals surface area (Å²) in [6, 6.07) is 16.8. The molecule has 7 rings (SSSR count). The van der Waals surface area contributed by atoms with Gasteiger partial charge in [0.05, 0.1) is 11.1 Å². The van der Waals surface area contributed by atoms with Crippen LogP contribution in [0.2, 0.25) is 0 Å². The third-order valence-electron chi connectivity index (χ3n) is 8.87. The van der Waals surface area contributed by atoms with Crippen molar-refractivity contribution in [3.05, 3.63) is 75.7 Å². The fraction of sp³-hybridized carbons (Fsp3) is 0.467. The summed E-state index contributed by atoms with van der Waals surface area (Å²) in [6.07, 6.45) is 9.67. The number of hydrogen-bond acceptors (Lipinski definition) is 4. The lowest BCUT2D eigenvalue weighted by Gasteiger charge is -2.53. The molecule has 7 nitrogen and oxygen atoms in total. The third kappa shape index (κ3) is 3.95. The first-order valence-corrected chi connectivity index (χ1v) is 13.7. The van der Waals surface area contributed by atoms with Gasteiger partial charge in [0.15, 0.2) is 5.82 Å².